The highest BCUT2D eigenvalue weighted by atomic mass is 16.5. The van der Waals surface area contributed by atoms with Crippen LogP contribution < -0.4 is 16.4 Å². The lowest BCUT2D eigenvalue weighted by molar-refractivity contribution is -0.128. The molecule has 0 saturated carbocycles. The van der Waals surface area contributed by atoms with Crippen LogP contribution in [0.25, 0.3) is 0 Å². The van der Waals surface area contributed by atoms with E-state index in [2.05, 4.69) is 10.6 Å². The third-order valence-corrected chi connectivity index (χ3v) is 4.57. The second-order valence-corrected chi connectivity index (χ2v) is 7.18. The monoisotopic (exact) mass is 422 g/mol. The Morgan fingerprint density at radius 1 is 0.968 bits per heavy atom. The van der Waals surface area contributed by atoms with Crippen LogP contribution in [0, 0.1) is 17.2 Å². The molecule has 0 aliphatic carbocycles. The van der Waals surface area contributed by atoms with Crippen molar-refractivity contribution in [3.8, 4) is 6.07 Å². The van der Waals surface area contributed by atoms with E-state index in [9.17, 15) is 14.4 Å². The van der Waals surface area contributed by atoms with Crippen LogP contribution in [0.1, 0.15) is 24.5 Å². The molecular formula is C23H26N4O4. The van der Waals surface area contributed by atoms with Gasteiger partial charge in [-0.3, -0.25) is 9.59 Å². The summed E-state index contributed by atoms with van der Waals surface area (Å²) in [5, 5.41) is 14.1. The SMILES string of the molecule is C[C@H](C#N)C[C@H](NC(=O)[C@H](Cc1ccccc1)NC(=O)OCc1ccccc1)C(N)=O. The van der Waals surface area contributed by atoms with Gasteiger partial charge in [0.15, 0.2) is 0 Å². The number of hydrogen-bond acceptors (Lipinski definition) is 5. The van der Waals surface area contributed by atoms with Crippen LogP contribution >= 0.6 is 0 Å². The molecule has 31 heavy (non-hydrogen) atoms. The number of nitriles is 1. The van der Waals surface area contributed by atoms with Gasteiger partial charge in [0.1, 0.15) is 18.7 Å². The van der Waals surface area contributed by atoms with Gasteiger partial charge in [0.25, 0.3) is 0 Å². The molecule has 2 rings (SSSR count). The topological polar surface area (TPSA) is 134 Å². The molecule has 0 aliphatic rings. The Morgan fingerprint density at radius 2 is 1.55 bits per heavy atom. The van der Waals surface area contributed by atoms with Gasteiger partial charge in [-0.25, -0.2) is 4.79 Å². The van der Waals surface area contributed by atoms with Crippen molar-refractivity contribution in [3.63, 3.8) is 0 Å². The smallest absolute Gasteiger partial charge is 0.408 e. The highest BCUT2D eigenvalue weighted by Crippen LogP contribution is 2.08. The molecule has 2 aromatic carbocycles. The van der Waals surface area contributed by atoms with Crippen LogP contribution in [0.4, 0.5) is 4.79 Å². The van der Waals surface area contributed by atoms with E-state index >= 15 is 0 Å². The van der Waals surface area contributed by atoms with Gasteiger partial charge in [-0.15, -0.1) is 0 Å². The van der Waals surface area contributed by atoms with Crippen molar-refractivity contribution in [2.75, 3.05) is 0 Å². The summed E-state index contributed by atoms with van der Waals surface area (Å²) in [5.74, 6) is -1.82. The maximum absolute atomic E-state index is 12.9. The minimum Gasteiger partial charge on any atom is -0.445 e. The predicted molar refractivity (Wildman–Crippen MR) is 114 cm³/mol. The molecule has 8 nitrogen and oxygen atoms in total. The normalized spacial score (nSPS) is 13.2. The molecule has 3 amide bonds. The number of ether oxygens (including phenoxy) is 1. The fourth-order valence-electron chi connectivity index (χ4n) is 2.89. The largest absolute Gasteiger partial charge is 0.445 e. The fraction of sp³-hybridized carbons (Fsp3) is 0.304. The lowest BCUT2D eigenvalue weighted by Crippen LogP contribution is -2.54. The predicted octanol–water partition coefficient (Wildman–Crippen LogP) is 2.04. The molecule has 8 heteroatoms. The van der Waals surface area contributed by atoms with E-state index in [1.54, 1.807) is 6.92 Å². The van der Waals surface area contributed by atoms with Crippen LogP contribution in [0.5, 0.6) is 0 Å². The Morgan fingerprint density at radius 3 is 2.10 bits per heavy atom. The van der Waals surface area contributed by atoms with E-state index in [0.29, 0.717) is 0 Å². The average molecular weight is 422 g/mol. The highest BCUT2D eigenvalue weighted by molar-refractivity contribution is 5.90. The van der Waals surface area contributed by atoms with Gasteiger partial charge in [0.2, 0.25) is 11.8 Å². The first kappa shape index (κ1) is 23.4. The number of nitrogens with two attached hydrogens (primary N) is 1. The number of nitrogens with one attached hydrogen (secondary N) is 2. The first-order chi connectivity index (χ1) is 14.9. The Balaban J connectivity index is 2.07. The summed E-state index contributed by atoms with van der Waals surface area (Å²) in [6, 6.07) is 18.2. The molecule has 0 saturated heterocycles. The molecule has 2 aromatic rings. The number of primary amides is 1. The van der Waals surface area contributed by atoms with Gasteiger partial charge in [0, 0.05) is 12.3 Å². The first-order valence-electron chi connectivity index (χ1n) is 9.89. The molecule has 4 N–H and O–H groups in total. The van der Waals surface area contributed by atoms with Crippen molar-refractivity contribution in [2.45, 2.75) is 38.5 Å². The molecule has 0 aliphatic heterocycles. The third kappa shape index (κ3) is 8.19. The summed E-state index contributed by atoms with van der Waals surface area (Å²) in [7, 11) is 0. The van der Waals surface area contributed by atoms with Crippen molar-refractivity contribution in [1.82, 2.24) is 10.6 Å². The minimum atomic E-state index is -1.03. The fourth-order valence-corrected chi connectivity index (χ4v) is 2.89. The zero-order chi connectivity index (χ0) is 22.6. The number of alkyl carbamates (subject to hydrolysis) is 1. The molecule has 0 bridgehead atoms. The van der Waals surface area contributed by atoms with Gasteiger partial charge < -0.3 is 21.1 Å². The van der Waals surface area contributed by atoms with Gasteiger partial charge >= 0.3 is 6.09 Å². The number of hydrogen-bond donors (Lipinski definition) is 3. The zero-order valence-electron chi connectivity index (χ0n) is 17.3. The van der Waals surface area contributed by atoms with Crippen molar-refractivity contribution in [3.05, 3.63) is 71.8 Å². The Labute approximate surface area is 181 Å². The van der Waals surface area contributed by atoms with E-state index in [1.807, 2.05) is 66.7 Å². The summed E-state index contributed by atoms with van der Waals surface area (Å²) in [4.78, 5) is 36.9. The minimum absolute atomic E-state index is 0.0515. The van der Waals surface area contributed by atoms with Crippen LogP contribution in [0.3, 0.4) is 0 Å². The molecule has 0 radical (unpaired) electrons. The van der Waals surface area contributed by atoms with Crippen LogP contribution in [0.15, 0.2) is 60.7 Å². The summed E-state index contributed by atoms with van der Waals surface area (Å²) >= 11 is 0. The second kappa shape index (κ2) is 12.0. The van der Waals surface area contributed by atoms with Gasteiger partial charge in [-0.2, -0.15) is 5.26 Å². The summed E-state index contributed by atoms with van der Waals surface area (Å²) in [6.07, 6.45) is -0.499. The molecular weight excluding hydrogens is 396 g/mol. The van der Waals surface area contributed by atoms with Gasteiger partial charge in [-0.05, 0) is 24.5 Å². The number of benzene rings is 2. The second-order valence-electron chi connectivity index (χ2n) is 7.18. The highest BCUT2D eigenvalue weighted by Gasteiger charge is 2.27. The Kier molecular flexibility index (Phi) is 9.05. The molecule has 162 valence electrons. The van der Waals surface area contributed by atoms with E-state index in [0.717, 1.165) is 11.1 Å². The molecule has 0 heterocycles. The van der Waals surface area contributed by atoms with E-state index in [-0.39, 0.29) is 19.4 Å². The number of nitrogens with zero attached hydrogens (tertiary/aromatic N) is 1. The van der Waals surface area contributed by atoms with Crippen LogP contribution in [0.2, 0.25) is 0 Å². The molecule has 0 aromatic heterocycles. The van der Waals surface area contributed by atoms with Crippen molar-refractivity contribution < 1.29 is 19.1 Å². The molecule has 3 atom stereocenters. The summed E-state index contributed by atoms with van der Waals surface area (Å²) in [6.45, 7) is 1.68. The van der Waals surface area contributed by atoms with Crippen LogP contribution in [-0.4, -0.2) is 30.0 Å². The number of carbonyl (C=O) groups excluding carboxylic acids is 3. The summed E-state index contributed by atoms with van der Waals surface area (Å²) < 4.78 is 5.22. The average Bonchev–Trinajstić information content (AvgIpc) is 2.78. The molecule has 0 unspecified atom stereocenters. The van der Waals surface area contributed by atoms with E-state index in [1.165, 1.54) is 0 Å². The quantitative estimate of drug-likeness (QED) is 0.539. The molecule has 0 fully saturated rings. The number of rotatable bonds is 10. The standard InChI is InChI=1S/C23H26N4O4/c1-16(14-24)12-19(21(25)28)26-22(29)20(13-17-8-4-2-5-9-17)27-23(30)31-15-18-10-6-3-7-11-18/h2-11,16,19-20H,12-13,15H2,1H3,(H2,25,28)(H,26,29)(H,27,30)/t16-,19-,20-/m0/s1. The van der Waals surface area contributed by atoms with Gasteiger partial charge in [-0.1, -0.05) is 60.7 Å². The summed E-state index contributed by atoms with van der Waals surface area (Å²) in [5.41, 5.74) is 7.00. The first-order valence-corrected chi connectivity index (χ1v) is 9.89. The van der Waals surface area contributed by atoms with Crippen molar-refractivity contribution in [2.24, 2.45) is 11.7 Å². The van der Waals surface area contributed by atoms with E-state index < -0.39 is 35.9 Å². The Hall–Kier alpha value is -3.86. The van der Waals surface area contributed by atoms with Crippen LogP contribution in [-0.2, 0) is 27.4 Å². The lowest BCUT2D eigenvalue weighted by atomic mass is 10.0. The van der Waals surface area contributed by atoms with Gasteiger partial charge in [0.05, 0.1) is 6.07 Å². The number of carbonyl (C=O) groups is 3. The number of amides is 3. The van der Waals surface area contributed by atoms with Crippen molar-refractivity contribution >= 4 is 17.9 Å². The van der Waals surface area contributed by atoms with Crippen molar-refractivity contribution in [1.29, 1.82) is 5.26 Å². The zero-order valence-corrected chi connectivity index (χ0v) is 17.3. The molecule has 0 spiro atoms. The Bertz CT molecular complexity index is 912. The lowest BCUT2D eigenvalue weighted by Gasteiger charge is -2.22. The maximum Gasteiger partial charge on any atom is 0.408 e. The third-order valence-electron chi connectivity index (χ3n) is 4.57. The van der Waals surface area contributed by atoms with E-state index in [4.69, 9.17) is 15.7 Å². The maximum atomic E-state index is 12.9.